The number of H-pyrrole nitrogens is 2. The summed E-state index contributed by atoms with van der Waals surface area (Å²) in [6, 6.07) is 7.59. The van der Waals surface area contributed by atoms with E-state index in [4.69, 9.17) is 11.6 Å². The van der Waals surface area contributed by atoms with Gasteiger partial charge in [0.05, 0.1) is 6.04 Å². The second-order valence-corrected chi connectivity index (χ2v) is 7.82. The van der Waals surface area contributed by atoms with E-state index >= 15 is 0 Å². The Hall–Kier alpha value is -2.61. The van der Waals surface area contributed by atoms with E-state index in [1.54, 1.807) is 0 Å². The Bertz CT molecular complexity index is 1020. The predicted octanol–water partition coefficient (Wildman–Crippen LogP) is 2.52. The Balaban J connectivity index is 1.53. The van der Waals surface area contributed by atoms with Gasteiger partial charge in [-0.15, -0.1) is 10.2 Å². The standard InChI is InChI=1S/C18H20ClN7O/c1-25-16(11-4-6-12(19)7-5-11)22-24-18(25)26-9-8-13(10-2-3-10)14(26)15-20-17(27)23-21-15/h4-7,10,13-14H,2-3,8-9H2,1H3,(H2,20,21,23,27). The van der Waals surface area contributed by atoms with E-state index < -0.39 is 0 Å². The van der Waals surface area contributed by atoms with Gasteiger partial charge in [-0.05, 0) is 55.4 Å². The van der Waals surface area contributed by atoms with Crippen LogP contribution in [0.25, 0.3) is 11.4 Å². The van der Waals surface area contributed by atoms with E-state index in [0.717, 1.165) is 30.3 Å². The van der Waals surface area contributed by atoms with Crippen LogP contribution in [0, 0.1) is 11.8 Å². The molecule has 2 unspecified atom stereocenters. The van der Waals surface area contributed by atoms with E-state index in [-0.39, 0.29) is 11.7 Å². The number of aromatic nitrogens is 6. The van der Waals surface area contributed by atoms with Crippen molar-refractivity contribution in [3.8, 4) is 11.4 Å². The molecular formula is C18H20ClN7O. The lowest BCUT2D eigenvalue weighted by Crippen LogP contribution is -2.29. The zero-order chi connectivity index (χ0) is 18.5. The summed E-state index contributed by atoms with van der Waals surface area (Å²) in [6.45, 7) is 0.868. The first kappa shape index (κ1) is 16.6. The van der Waals surface area contributed by atoms with Crippen molar-refractivity contribution in [2.75, 3.05) is 11.4 Å². The van der Waals surface area contributed by atoms with E-state index in [1.165, 1.54) is 12.8 Å². The van der Waals surface area contributed by atoms with Gasteiger partial charge in [0.2, 0.25) is 5.95 Å². The molecule has 0 radical (unpaired) electrons. The Labute approximate surface area is 160 Å². The number of nitrogens with zero attached hydrogens (tertiary/aromatic N) is 5. The first-order chi connectivity index (χ1) is 13.1. The average molecular weight is 386 g/mol. The van der Waals surface area contributed by atoms with Crippen LogP contribution in [-0.4, -0.2) is 36.5 Å². The normalized spacial score (nSPS) is 22.5. The highest BCUT2D eigenvalue weighted by molar-refractivity contribution is 6.30. The number of rotatable bonds is 4. The highest BCUT2D eigenvalue weighted by Crippen LogP contribution is 2.50. The van der Waals surface area contributed by atoms with Crippen LogP contribution >= 0.6 is 11.6 Å². The molecule has 3 aromatic rings. The minimum Gasteiger partial charge on any atom is -0.330 e. The molecule has 1 saturated heterocycles. The zero-order valence-corrected chi connectivity index (χ0v) is 15.6. The van der Waals surface area contributed by atoms with Crippen molar-refractivity contribution >= 4 is 17.5 Å². The van der Waals surface area contributed by atoms with Crippen molar-refractivity contribution in [1.29, 1.82) is 0 Å². The largest absolute Gasteiger partial charge is 0.340 e. The van der Waals surface area contributed by atoms with Gasteiger partial charge >= 0.3 is 5.69 Å². The third kappa shape index (κ3) is 2.84. The second kappa shape index (κ2) is 6.23. The molecule has 2 aliphatic rings. The number of nitrogens with one attached hydrogen (secondary N) is 2. The molecule has 1 aliphatic carbocycles. The van der Waals surface area contributed by atoms with Crippen LogP contribution in [0.15, 0.2) is 29.1 Å². The summed E-state index contributed by atoms with van der Waals surface area (Å²) >= 11 is 6.00. The van der Waals surface area contributed by atoms with Crippen LogP contribution in [0.1, 0.15) is 31.1 Å². The van der Waals surface area contributed by atoms with Crippen molar-refractivity contribution in [2.24, 2.45) is 18.9 Å². The van der Waals surface area contributed by atoms with Gasteiger partial charge in [-0.25, -0.2) is 9.89 Å². The summed E-state index contributed by atoms with van der Waals surface area (Å²) in [5, 5.41) is 16.3. The molecule has 8 nitrogen and oxygen atoms in total. The summed E-state index contributed by atoms with van der Waals surface area (Å²) in [4.78, 5) is 16.7. The van der Waals surface area contributed by atoms with Gasteiger partial charge in [0.1, 0.15) is 0 Å². The molecule has 0 amide bonds. The number of benzene rings is 1. The van der Waals surface area contributed by atoms with E-state index in [0.29, 0.717) is 22.7 Å². The lowest BCUT2D eigenvalue weighted by molar-refractivity contribution is 0.412. The molecule has 0 bridgehead atoms. The number of halogens is 1. The molecule has 2 atom stereocenters. The minimum absolute atomic E-state index is 0.0115. The Morgan fingerprint density at radius 1 is 1.15 bits per heavy atom. The van der Waals surface area contributed by atoms with Crippen molar-refractivity contribution in [3.63, 3.8) is 0 Å². The van der Waals surface area contributed by atoms with Crippen LogP contribution < -0.4 is 10.6 Å². The van der Waals surface area contributed by atoms with Crippen LogP contribution in [0.4, 0.5) is 5.95 Å². The SMILES string of the molecule is Cn1c(-c2ccc(Cl)cc2)nnc1N1CCC(C2CC2)C1c1n[nH]c(=O)[nH]1. The third-order valence-electron chi connectivity index (χ3n) is 5.68. The quantitative estimate of drug-likeness (QED) is 0.719. The fraction of sp³-hybridized carbons (Fsp3) is 0.444. The number of aromatic amines is 2. The fourth-order valence-electron chi connectivity index (χ4n) is 4.25. The van der Waals surface area contributed by atoms with Crippen molar-refractivity contribution in [2.45, 2.75) is 25.3 Å². The van der Waals surface area contributed by atoms with Crippen LogP contribution in [0.2, 0.25) is 5.02 Å². The van der Waals surface area contributed by atoms with Gasteiger partial charge in [0.15, 0.2) is 11.6 Å². The molecule has 5 rings (SSSR count). The Kier molecular flexibility index (Phi) is 3.82. The average Bonchev–Trinajstić information content (AvgIpc) is 3.08. The summed E-state index contributed by atoms with van der Waals surface area (Å²) in [5.41, 5.74) is 0.689. The van der Waals surface area contributed by atoms with Gasteiger partial charge in [0, 0.05) is 24.2 Å². The van der Waals surface area contributed by atoms with E-state index in [9.17, 15) is 4.79 Å². The first-order valence-electron chi connectivity index (χ1n) is 9.18. The van der Waals surface area contributed by atoms with Gasteiger partial charge < -0.3 is 4.90 Å². The second-order valence-electron chi connectivity index (χ2n) is 7.38. The highest BCUT2D eigenvalue weighted by Gasteiger charge is 2.46. The molecule has 140 valence electrons. The number of hydrogen-bond donors (Lipinski definition) is 2. The minimum atomic E-state index is -0.272. The summed E-state index contributed by atoms with van der Waals surface area (Å²) in [7, 11) is 1.97. The lowest BCUT2D eigenvalue weighted by atomic mass is 9.94. The van der Waals surface area contributed by atoms with Gasteiger partial charge in [-0.3, -0.25) is 9.55 Å². The van der Waals surface area contributed by atoms with Crippen LogP contribution in [-0.2, 0) is 7.05 Å². The molecular weight excluding hydrogens is 366 g/mol. The Morgan fingerprint density at radius 3 is 2.59 bits per heavy atom. The first-order valence-corrected chi connectivity index (χ1v) is 9.56. The summed E-state index contributed by atoms with van der Waals surface area (Å²) < 4.78 is 2.00. The van der Waals surface area contributed by atoms with Crippen molar-refractivity contribution < 1.29 is 0 Å². The molecule has 2 fully saturated rings. The lowest BCUT2D eigenvalue weighted by Gasteiger charge is -2.26. The maximum Gasteiger partial charge on any atom is 0.340 e. The van der Waals surface area contributed by atoms with Gasteiger partial charge in [-0.1, -0.05) is 11.6 Å². The highest BCUT2D eigenvalue weighted by atomic mass is 35.5. The molecule has 1 aliphatic heterocycles. The molecule has 3 heterocycles. The smallest absolute Gasteiger partial charge is 0.330 e. The van der Waals surface area contributed by atoms with Gasteiger partial charge in [0.25, 0.3) is 0 Å². The molecule has 0 spiro atoms. The maximum absolute atomic E-state index is 11.6. The van der Waals surface area contributed by atoms with Crippen LogP contribution in [0.5, 0.6) is 0 Å². The molecule has 9 heteroatoms. The Morgan fingerprint density at radius 2 is 1.93 bits per heavy atom. The van der Waals surface area contributed by atoms with Crippen molar-refractivity contribution in [3.05, 3.63) is 45.6 Å². The molecule has 27 heavy (non-hydrogen) atoms. The maximum atomic E-state index is 11.6. The van der Waals surface area contributed by atoms with Gasteiger partial charge in [-0.2, -0.15) is 5.10 Å². The predicted molar refractivity (Wildman–Crippen MR) is 102 cm³/mol. The number of anilines is 1. The number of hydrogen-bond acceptors (Lipinski definition) is 5. The summed E-state index contributed by atoms with van der Waals surface area (Å²) in [5.74, 6) is 3.43. The van der Waals surface area contributed by atoms with E-state index in [1.807, 2.05) is 35.9 Å². The van der Waals surface area contributed by atoms with Crippen molar-refractivity contribution in [1.82, 2.24) is 29.9 Å². The van der Waals surface area contributed by atoms with Crippen LogP contribution in [0.3, 0.4) is 0 Å². The monoisotopic (exact) mass is 385 g/mol. The summed E-state index contributed by atoms with van der Waals surface area (Å²) in [6.07, 6.45) is 3.56. The topological polar surface area (TPSA) is 95.5 Å². The van der Waals surface area contributed by atoms with E-state index in [2.05, 4.69) is 30.3 Å². The molecule has 1 saturated carbocycles. The fourth-order valence-corrected chi connectivity index (χ4v) is 4.38. The third-order valence-corrected chi connectivity index (χ3v) is 5.93. The molecule has 2 N–H and O–H groups in total. The molecule has 1 aromatic carbocycles. The zero-order valence-electron chi connectivity index (χ0n) is 14.9. The molecule has 2 aromatic heterocycles.